The van der Waals surface area contributed by atoms with E-state index in [4.69, 9.17) is 9.47 Å². The van der Waals surface area contributed by atoms with E-state index in [1.807, 2.05) is 30.0 Å². The highest BCUT2D eigenvalue weighted by molar-refractivity contribution is 5.76. The Hall–Kier alpha value is -1.39. The van der Waals surface area contributed by atoms with E-state index in [1.54, 1.807) is 7.11 Å². The van der Waals surface area contributed by atoms with Crippen LogP contribution in [0.3, 0.4) is 0 Å². The van der Waals surface area contributed by atoms with Crippen LogP contribution in [0.25, 0.3) is 0 Å². The number of morpholine rings is 1. The molecule has 4 nitrogen and oxygen atoms in total. The molecule has 1 fully saturated rings. The third-order valence-electron chi connectivity index (χ3n) is 3.86. The van der Waals surface area contributed by atoms with Gasteiger partial charge in [-0.3, -0.25) is 4.79 Å². The number of ether oxygens (including phenoxy) is 2. The topological polar surface area (TPSA) is 38.8 Å². The predicted molar refractivity (Wildman–Crippen MR) is 82.0 cm³/mol. The van der Waals surface area contributed by atoms with E-state index in [9.17, 15) is 4.79 Å². The Kier molecular flexibility index (Phi) is 6.21. The fraction of sp³-hybridized carbons (Fsp3) is 0.588. The second kappa shape index (κ2) is 8.15. The van der Waals surface area contributed by atoms with Gasteiger partial charge in [0.1, 0.15) is 0 Å². The predicted octanol–water partition coefficient (Wildman–Crippen LogP) is 2.79. The number of carbonyl (C=O) groups excluding carboxylic acids is 1. The average Bonchev–Trinajstić information content (AvgIpc) is 2.52. The molecule has 116 valence electrons. The fourth-order valence-corrected chi connectivity index (χ4v) is 2.70. The molecule has 0 aliphatic carbocycles. The zero-order chi connectivity index (χ0) is 15.1. The van der Waals surface area contributed by atoms with E-state index in [0.29, 0.717) is 19.6 Å². The number of hydrogen-bond donors (Lipinski definition) is 0. The quantitative estimate of drug-likeness (QED) is 0.757. The van der Waals surface area contributed by atoms with E-state index in [2.05, 4.69) is 12.1 Å². The number of rotatable bonds is 6. The number of methoxy groups -OCH3 is 1. The van der Waals surface area contributed by atoms with Crippen molar-refractivity contribution < 1.29 is 14.3 Å². The Bertz CT molecular complexity index is 435. The van der Waals surface area contributed by atoms with Gasteiger partial charge in [-0.2, -0.15) is 0 Å². The van der Waals surface area contributed by atoms with E-state index in [0.717, 1.165) is 25.0 Å². The highest BCUT2D eigenvalue weighted by Gasteiger charge is 2.31. The average molecular weight is 291 g/mol. The van der Waals surface area contributed by atoms with Crippen molar-refractivity contribution >= 4 is 5.91 Å². The van der Waals surface area contributed by atoms with E-state index < -0.39 is 0 Å². The highest BCUT2D eigenvalue weighted by Crippen LogP contribution is 2.27. The molecule has 0 N–H and O–H groups in total. The largest absolute Gasteiger partial charge is 0.385 e. The highest BCUT2D eigenvalue weighted by atomic mass is 16.5. The summed E-state index contributed by atoms with van der Waals surface area (Å²) in [6.45, 7) is 3.99. The minimum absolute atomic E-state index is 0.0392. The molecule has 1 aromatic rings. The first-order valence-electron chi connectivity index (χ1n) is 7.67. The van der Waals surface area contributed by atoms with E-state index in [-0.39, 0.29) is 18.1 Å². The third-order valence-corrected chi connectivity index (χ3v) is 3.86. The molecule has 4 heteroatoms. The lowest BCUT2D eigenvalue weighted by molar-refractivity contribution is -0.144. The van der Waals surface area contributed by atoms with Crippen LogP contribution < -0.4 is 0 Å². The molecular weight excluding hydrogens is 266 g/mol. The minimum Gasteiger partial charge on any atom is -0.385 e. The van der Waals surface area contributed by atoms with Crippen LogP contribution >= 0.6 is 0 Å². The standard InChI is InChI=1S/C17H25NO3/c1-14-12-18(17(19)10-6-7-11-20-2)16(13-21-14)15-8-4-3-5-9-15/h3-5,8-9,14,16H,6-7,10-13H2,1-2H3/t14-,16+/m1/s1. The van der Waals surface area contributed by atoms with Crippen LogP contribution in [0.1, 0.15) is 37.8 Å². The number of hydrogen-bond acceptors (Lipinski definition) is 3. The summed E-state index contributed by atoms with van der Waals surface area (Å²) >= 11 is 0. The zero-order valence-electron chi connectivity index (χ0n) is 13.0. The normalized spacial score (nSPS) is 22.3. The van der Waals surface area contributed by atoms with Gasteiger partial charge in [-0.15, -0.1) is 0 Å². The van der Waals surface area contributed by atoms with Crippen LogP contribution in [0.15, 0.2) is 30.3 Å². The molecule has 1 amide bonds. The summed E-state index contributed by atoms with van der Waals surface area (Å²) in [7, 11) is 1.69. The van der Waals surface area contributed by atoms with Crippen LogP contribution in [-0.4, -0.2) is 43.8 Å². The molecule has 0 saturated carbocycles. The van der Waals surface area contributed by atoms with E-state index in [1.165, 1.54) is 0 Å². The molecule has 0 spiro atoms. The van der Waals surface area contributed by atoms with Crippen molar-refractivity contribution in [2.24, 2.45) is 0 Å². The van der Waals surface area contributed by atoms with Crippen LogP contribution in [0.5, 0.6) is 0 Å². The summed E-state index contributed by atoms with van der Waals surface area (Å²) < 4.78 is 10.8. The number of nitrogens with zero attached hydrogens (tertiary/aromatic N) is 1. The molecule has 2 atom stereocenters. The van der Waals surface area contributed by atoms with Crippen molar-refractivity contribution in [2.75, 3.05) is 26.9 Å². The van der Waals surface area contributed by atoms with E-state index >= 15 is 0 Å². The molecule has 0 aromatic heterocycles. The van der Waals surface area contributed by atoms with Crippen molar-refractivity contribution in [3.63, 3.8) is 0 Å². The van der Waals surface area contributed by atoms with Crippen LogP contribution in [0.2, 0.25) is 0 Å². The van der Waals surface area contributed by atoms with Gasteiger partial charge in [0.05, 0.1) is 18.8 Å². The fourth-order valence-electron chi connectivity index (χ4n) is 2.70. The molecule has 2 rings (SSSR count). The SMILES string of the molecule is COCCCCC(=O)N1C[C@@H](C)OC[C@H]1c1ccccc1. The van der Waals surface area contributed by atoms with Gasteiger partial charge in [0.25, 0.3) is 0 Å². The zero-order valence-corrected chi connectivity index (χ0v) is 13.0. The molecule has 0 bridgehead atoms. The minimum atomic E-state index is 0.0392. The van der Waals surface area contributed by atoms with Crippen molar-refractivity contribution in [2.45, 2.75) is 38.3 Å². The second-order valence-corrected chi connectivity index (χ2v) is 5.57. The second-order valence-electron chi connectivity index (χ2n) is 5.57. The molecular formula is C17H25NO3. The van der Waals surface area contributed by atoms with Crippen molar-refractivity contribution in [3.8, 4) is 0 Å². The van der Waals surface area contributed by atoms with Crippen LogP contribution in [-0.2, 0) is 14.3 Å². The maximum Gasteiger partial charge on any atom is 0.223 e. The number of benzene rings is 1. The lowest BCUT2D eigenvalue weighted by Crippen LogP contribution is -2.46. The Morgan fingerprint density at radius 2 is 2.10 bits per heavy atom. The number of amides is 1. The Balaban J connectivity index is 2.00. The molecule has 1 saturated heterocycles. The summed E-state index contributed by atoms with van der Waals surface area (Å²) in [6, 6.07) is 10.2. The smallest absolute Gasteiger partial charge is 0.223 e. The van der Waals surface area contributed by atoms with Crippen molar-refractivity contribution in [1.29, 1.82) is 0 Å². The van der Waals surface area contributed by atoms with Gasteiger partial charge in [0.15, 0.2) is 0 Å². The van der Waals surface area contributed by atoms with Gasteiger partial charge in [0.2, 0.25) is 5.91 Å². The molecule has 21 heavy (non-hydrogen) atoms. The molecule has 1 heterocycles. The summed E-state index contributed by atoms with van der Waals surface area (Å²) in [5.74, 6) is 0.218. The maximum atomic E-state index is 12.5. The Labute approximate surface area is 127 Å². The Morgan fingerprint density at radius 1 is 1.33 bits per heavy atom. The number of unbranched alkanes of at least 4 members (excludes halogenated alkanes) is 1. The molecule has 1 aromatic carbocycles. The number of carbonyl (C=O) groups is 1. The molecule has 0 unspecified atom stereocenters. The summed E-state index contributed by atoms with van der Waals surface area (Å²) in [5, 5.41) is 0. The monoisotopic (exact) mass is 291 g/mol. The van der Waals surface area contributed by atoms with Gasteiger partial charge in [0, 0.05) is 26.7 Å². The first kappa shape index (κ1) is 16.0. The molecule has 1 aliphatic heterocycles. The van der Waals surface area contributed by atoms with Gasteiger partial charge < -0.3 is 14.4 Å². The van der Waals surface area contributed by atoms with Gasteiger partial charge in [-0.1, -0.05) is 30.3 Å². The summed E-state index contributed by atoms with van der Waals surface area (Å²) in [6.07, 6.45) is 2.49. The first-order chi connectivity index (χ1) is 10.2. The third kappa shape index (κ3) is 4.55. The summed E-state index contributed by atoms with van der Waals surface area (Å²) in [5.41, 5.74) is 1.15. The van der Waals surface area contributed by atoms with Crippen molar-refractivity contribution in [3.05, 3.63) is 35.9 Å². The molecule has 1 aliphatic rings. The molecule has 0 radical (unpaired) electrons. The van der Waals surface area contributed by atoms with Gasteiger partial charge >= 0.3 is 0 Å². The lowest BCUT2D eigenvalue weighted by Gasteiger charge is -2.39. The van der Waals surface area contributed by atoms with Gasteiger partial charge in [-0.05, 0) is 25.3 Å². The first-order valence-corrected chi connectivity index (χ1v) is 7.67. The maximum absolute atomic E-state index is 12.5. The van der Waals surface area contributed by atoms with Crippen LogP contribution in [0.4, 0.5) is 0 Å². The van der Waals surface area contributed by atoms with Gasteiger partial charge in [-0.25, -0.2) is 0 Å². The lowest BCUT2D eigenvalue weighted by atomic mass is 10.0. The van der Waals surface area contributed by atoms with Crippen LogP contribution in [0, 0.1) is 0 Å². The van der Waals surface area contributed by atoms with Crippen molar-refractivity contribution in [1.82, 2.24) is 4.90 Å². The summed E-state index contributed by atoms with van der Waals surface area (Å²) in [4.78, 5) is 14.5. The Morgan fingerprint density at radius 3 is 2.81 bits per heavy atom.